The topological polar surface area (TPSA) is 47.4 Å². The van der Waals surface area contributed by atoms with Crippen molar-refractivity contribution in [1.82, 2.24) is 14.5 Å². The first kappa shape index (κ1) is 21.9. The summed E-state index contributed by atoms with van der Waals surface area (Å²) in [6.07, 6.45) is 5.10. The molecule has 0 aliphatic carbocycles. The van der Waals surface area contributed by atoms with Crippen molar-refractivity contribution in [3.8, 4) is 11.4 Å². The number of aromatic nitrogens is 2. The maximum atomic E-state index is 13.8. The SMILES string of the molecule is COc1ccc(-n2c(SCC=Cc3ccccc3)nc3sc4c(c3c2=O)CCN(C)C4)cc1. The van der Waals surface area contributed by atoms with E-state index in [1.807, 2.05) is 42.5 Å². The van der Waals surface area contributed by atoms with Crippen LogP contribution in [-0.4, -0.2) is 40.9 Å². The monoisotopic (exact) mass is 475 g/mol. The number of hydrogen-bond acceptors (Lipinski definition) is 6. The average molecular weight is 476 g/mol. The van der Waals surface area contributed by atoms with Gasteiger partial charge < -0.3 is 9.64 Å². The summed E-state index contributed by atoms with van der Waals surface area (Å²) in [4.78, 5) is 23.2. The smallest absolute Gasteiger partial charge is 0.267 e. The summed E-state index contributed by atoms with van der Waals surface area (Å²) >= 11 is 3.24. The summed E-state index contributed by atoms with van der Waals surface area (Å²) in [6, 6.07) is 17.8. The Morgan fingerprint density at radius 3 is 2.70 bits per heavy atom. The minimum absolute atomic E-state index is 0.0155. The lowest BCUT2D eigenvalue weighted by atomic mass is 10.1. The Hall–Kier alpha value is -2.87. The zero-order chi connectivity index (χ0) is 22.8. The molecule has 0 saturated heterocycles. The van der Waals surface area contributed by atoms with E-state index in [2.05, 4.69) is 36.2 Å². The largest absolute Gasteiger partial charge is 0.497 e. The molecule has 168 valence electrons. The number of ether oxygens (including phenoxy) is 1. The molecule has 2 aromatic heterocycles. The minimum atomic E-state index is 0.0155. The molecule has 0 amide bonds. The van der Waals surface area contributed by atoms with E-state index in [1.165, 1.54) is 10.4 Å². The molecule has 0 radical (unpaired) electrons. The summed E-state index contributed by atoms with van der Waals surface area (Å²) in [7, 11) is 3.76. The number of nitrogens with zero attached hydrogens (tertiary/aromatic N) is 3. The highest BCUT2D eigenvalue weighted by molar-refractivity contribution is 7.99. The van der Waals surface area contributed by atoms with E-state index >= 15 is 0 Å². The number of benzene rings is 2. The van der Waals surface area contributed by atoms with Crippen LogP contribution in [-0.2, 0) is 13.0 Å². The summed E-state index contributed by atoms with van der Waals surface area (Å²) in [5.74, 6) is 1.48. The van der Waals surface area contributed by atoms with Gasteiger partial charge in [-0.2, -0.15) is 0 Å². The zero-order valence-corrected chi connectivity index (χ0v) is 20.3. The molecule has 0 saturated carbocycles. The Morgan fingerprint density at radius 1 is 1.15 bits per heavy atom. The molecule has 0 spiro atoms. The van der Waals surface area contributed by atoms with Gasteiger partial charge in [-0.3, -0.25) is 9.36 Å². The van der Waals surface area contributed by atoms with Crippen molar-refractivity contribution in [2.75, 3.05) is 26.5 Å². The quantitative estimate of drug-likeness (QED) is 0.282. The Labute approximate surface area is 201 Å². The van der Waals surface area contributed by atoms with E-state index < -0.39 is 0 Å². The van der Waals surface area contributed by atoms with Crippen LogP contribution in [0.25, 0.3) is 22.0 Å². The predicted octanol–water partition coefficient (Wildman–Crippen LogP) is 5.25. The van der Waals surface area contributed by atoms with Crippen molar-refractivity contribution >= 4 is 39.4 Å². The molecule has 5 rings (SSSR count). The van der Waals surface area contributed by atoms with Gasteiger partial charge in [-0.05, 0) is 48.9 Å². The predicted molar refractivity (Wildman–Crippen MR) is 138 cm³/mol. The molecule has 4 aromatic rings. The second kappa shape index (κ2) is 9.55. The van der Waals surface area contributed by atoms with Crippen molar-refractivity contribution in [2.45, 2.75) is 18.1 Å². The Bertz CT molecular complexity index is 1360. The highest BCUT2D eigenvalue weighted by Crippen LogP contribution is 2.34. The highest BCUT2D eigenvalue weighted by Gasteiger charge is 2.24. The molecule has 0 atom stereocenters. The van der Waals surface area contributed by atoms with Gasteiger partial charge in [0.1, 0.15) is 10.6 Å². The molecule has 2 aromatic carbocycles. The molecule has 7 heteroatoms. The molecule has 0 N–H and O–H groups in total. The van der Waals surface area contributed by atoms with Gasteiger partial charge in [-0.15, -0.1) is 11.3 Å². The molecular weight excluding hydrogens is 450 g/mol. The minimum Gasteiger partial charge on any atom is -0.497 e. The van der Waals surface area contributed by atoms with Crippen molar-refractivity contribution in [3.63, 3.8) is 0 Å². The van der Waals surface area contributed by atoms with Gasteiger partial charge in [-0.25, -0.2) is 4.98 Å². The average Bonchev–Trinajstić information content (AvgIpc) is 3.20. The van der Waals surface area contributed by atoms with Crippen LogP contribution in [0.5, 0.6) is 5.75 Å². The van der Waals surface area contributed by atoms with Gasteiger partial charge in [0, 0.05) is 23.7 Å². The molecular formula is C26H25N3O2S2. The fourth-order valence-electron chi connectivity index (χ4n) is 4.08. The molecule has 33 heavy (non-hydrogen) atoms. The van der Waals surface area contributed by atoms with Crippen LogP contribution in [0.15, 0.2) is 70.6 Å². The normalized spacial score (nSPS) is 14.1. The number of thioether (sulfide) groups is 1. The lowest BCUT2D eigenvalue weighted by Gasteiger charge is -2.21. The summed E-state index contributed by atoms with van der Waals surface area (Å²) in [6.45, 7) is 1.84. The summed E-state index contributed by atoms with van der Waals surface area (Å²) < 4.78 is 7.07. The Morgan fingerprint density at radius 2 is 1.94 bits per heavy atom. The van der Waals surface area contributed by atoms with Crippen molar-refractivity contribution in [1.29, 1.82) is 0 Å². The van der Waals surface area contributed by atoms with Gasteiger partial charge in [0.25, 0.3) is 5.56 Å². The Balaban J connectivity index is 1.56. The van der Waals surface area contributed by atoms with Crippen LogP contribution in [0.3, 0.4) is 0 Å². The van der Waals surface area contributed by atoms with Gasteiger partial charge in [-0.1, -0.05) is 54.2 Å². The molecule has 0 bridgehead atoms. The third-order valence-corrected chi connectivity index (χ3v) is 7.79. The first-order valence-electron chi connectivity index (χ1n) is 10.9. The van der Waals surface area contributed by atoms with E-state index in [4.69, 9.17) is 9.72 Å². The van der Waals surface area contributed by atoms with Crippen LogP contribution in [0, 0.1) is 0 Å². The van der Waals surface area contributed by atoms with Crippen LogP contribution in [0.4, 0.5) is 0 Å². The zero-order valence-electron chi connectivity index (χ0n) is 18.7. The second-order valence-corrected chi connectivity index (χ2v) is 10.1. The van der Waals surface area contributed by atoms with Gasteiger partial charge in [0.05, 0.1) is 18.2 Å². The van der Waals surface area contributed by atoms with E-state index in [1.54, 1.807) is 34.8 Å². The number of methoxy groups -OCH3 is 1. The van der Waals surface area contributed by atoms with Crippen LogP contribution in [0.2, 0.25) is 0 Å². The van der Waals surface area contributed by atoms with Crippen molar-refractivity contribution in [3.05, 3.63) is 87.0 Å². The summed E-state index contributed by atoms with van der Waals surface area (Å²) in [5.41, 5.74) is 3.15. The summed E-state index contributed by atoms with van der Waals surface area (Å²) in [5, 5.41) is 1.49. The van der Waals surface area contributed by atoms with Crippen LogP contribution in [0.1, 0.15) is 16.0 Å². The van der Waals surface area contributed by atoms with Crippen LogP contribution >= 0.6 is 23.1 Å². The molecule has 0 unspecified atom stereocenters. The number of likely N-dealkylation sites (N-methyl/N-ethyl adjacent to an activating group) is 1. The number of fused-ring (bicyclic) bond motifs is 3. The molecule has 3 heterocycles. The maximum Gasteiger partial charge on any atom is 0.267 e. The lowest BCUT2D eigenvalue weighted by molar-refractivity contribution is 0.318. The molecule has 1 aliphatic heterocycles. The second-order valence-electron chi connectivity index (χ2n) is 8.03. The Kier molecular flexibility index (Phi) is 6.35. The molecule has 1 aliphatic rings. The van der Waals surface area contributed by atoms with Gasteiger partial charge >= 0.3 is 0 Å². The first-order chi connectivity index (χ1) is 16.1. The fraction of sp³-hybridized carbons (Fsp3) is 0.231. The van der Waals surface area contributed by atoms with Crippen molar-refractivity contribution < 1.29 is 4.74 Å². The number of thiophene rings is 1. The van der Waals surface area contributed by atoms with Gasteiger partial charge in [0.15, 0.2) is 5.16 Å². The highest BCUT2D eigenvalue weighted by atomic mass is 32.2. The number of rotatable bonds is 6. The van der Waals surface area contributed by atoms with E-state index in [0.717, 1.165) is 52.5 Å². The first-order valence-corrected chi connectivity index (χ1v) is 12.7. The number of hydrogen-bond donors (Lipinski definition) is 0. The molecule has 5 nitrogen and oxygen atoms in total. The van der Waals surface area contributed by atoms with E-state index in [0.29, 0.717) is 5.16 Å². The lowest BCUT2D eigenvalue weighted by Crippen LogP contribution is -2.27. The van der Waals surface area contributed by atoms with Crippen molar-refractivity contribution in [2.24, 2.45) is 0 Å². The van der Waals surface area contributed by atoms with Crippen LogP contribution < -0.4 is 10.3 Å². The maximum absolute atomic E-state index is 13.8. The van der Waals surface area contributed by atoms with E-state index in [9.17, 15) is 4.79 Å². The fourth-order valence-corrected chi connectivity index (χ4v) is 6.24. The standard InChI is InChI=1S/C26H25N3O2S2/c1-28-15-14-21-22(17-28)33-24-23(21)25(30)29(19-10-12-20(31-2)13-11-19)26(27-24)32-16-6-9-18-7-4-3-5-8-18/h3-13H,14-17H2,1-2H3. The third kappa shape index (κ3) is 4.49. The van der Waals surface area contributed by atoms with E-state index in [-0.39, 0.29) is 5.56 Å². The van der Waals surface area contributed by atoms with Gasteiger partial charge in [0.2, 0.25) is 0 Å². The third-order valence-electron chi connectivity index (χ3n) is 5.78. The molecule has 0 fully saturated rings.